The average Bonchev–Trinajstić information content (AvgIpc) is 3.18. The van der Waals surface area contributed by atoms with Gasteiger partial charge in [0, 0.05) is 11.5 Å². The molecule has 3 aliphatic rings. The van der Waals surface area contributed by atoms with E-state index in [2.05, 4.69) is 6.58 Å². The molecule has 6 unspecified atom stereocenters. The molecule has 0 spiro atoms. The van der Waals surface area contributed by atoms with Crippen molar-refractivity contribution in [2.45, 2.75) is 19.4 Å². The number of rotatable bonds is 6. The van der Waals surface area contributed by atoms with Crippen molar-refractivity contribution in [3.05, 3.63) is 12.2 Å². The van der Waals surface area contributed by atoms with Crippen molar-refractivity contribution in [2.24, 2.45) is 29.6 Å². The van der Waals surface area contributed by atoms with Crippen LogP contribution in [0.15, 0.2) is 12.2 Å². The SMILES string of the molecule is C=C(C)C(=O)OCCOC(=O)C1C2CC3C(OC(=O)C31)C2C(=O)OC. The topological polar surface area (TPSA) is 105 Å². The van der Waals surface area contributed by atoms with Crippen LogP contribution in [0.25, 0.3) is 0 Å². The van der Waals surface area contributed by atoms with Crippen LogP contribution < -0.4 is 0 Å². The summed E-state index contributed by atoms with van der Waals surface area (Å²) in [7, 11) is 1.27. The molecule has 8 nitrogen and oxygen atoms in total. The zero-order chi connectivity index (χ0) is 18.3. The molecule has 25 heavy (non-hydrogen) atoms. The lowest BCUT2D eigenvalue weighted by Crippen LogP contribution is -2.42. The van der Waals surface area contributed by atoms with Gasteiger partial charge in [0.25, 0.3) is 0 Å². The van der Waals surface area contributed by atoms with Crippen LogP contribution in [0, 0.1) is 29.6 Å². The fraction of sp³-hybridized carbons (Fsp3) is 0.647. The third-order valence-electron chi connectivity index (χ3n) is 5.27. The molecule has 2 bridgehead atoms. The summed E-state index contributed by atoms with van der Waals surface area (Å²) in [6.45, 7) is 4.73. The minimum Gasteiger partial charge on any atom is -0.469 e. The Balaban J connectivity index is 1.62. The van der Waals surface area contributed by atoms with E-state index in [1.807, 2.05) is 0 Å². The monoisotopic (exact) mass is 352 g/mol. The normalized spacial score (nSPS) is 34.4. The van der Waals surface area contributed by atoms with Gasteiger partial charge in [-0.3, -0.25) is 14.4 Å². The van der Waals surface area contributed by atoms with Crippen molar-refractivity contribution < 1.29 is 38.1 Å². The summed E-state index contributed by atoms with van der Waals surface area (Å²) in [5.41, 5.74) is 0.250. The van der Waals surface area contributed by atoms with Crippen molar-refractivity contribution in [1.29, 1.82) is 0 Å². The van der Waals surface area contributed by atoms with Gasteiger partial charge >= 0.3 is 23.9 Å². The van der Waals surface area contributed by atoms with Crippen molar-refractivity contribution >= 4 is 23.9 Å². The summed E-state index contributed by atoms with van der Waals surface area (Å²) in [6, 6.07) is 0. The Bertz CT molecular complexity index is 639. The molecule has 0 aromatic carbocycles. The molecule has 0 aromatic rings. The average molecular weight is 352 g/mol. The third kappa shape index (κ3) is 2.79. The largest absolute Gasteiger partial charge is 0.469 e. The van der Waals surface area contributed by atoms with Gasteiger partial charge in [0.05, 0.1) is 24.9 Å². The van der Waals surface area contributed by atoms with Gasteiger partial charge in [0.1, 0.15) is 19.3 Å². The van der Waals surface area contributed by atoms with Crippen LogP contribution in [-0.2, 0) is 38.1 Å². The second kappa shape index (κ2) is 6.50. The number of hydrogen-bond acceptors (Lipinski definition) is 8. The molecule has 1 aliphatic heterocycles. The highest BCUT2D eigenvalue weighted by molar-refractivity contribution is 5.89. The smallest absolute Gasteiger partial charge is 0.333 e. The second-order valence-corrected chi connectivity index (χ2v) is 6.65. The quantitative estimate of drug-likeness (QED) is 0.290. The standard InChI is InChI=1S/C17H20O8/c1-7(2)14(18)23-4-5-24-16(20)10-8-6-9-11(10)17(21)25-13(9)12(8)15(19)22-3/h8-13H,1,4-6H2,2-3H3. The fourth-order valence-electron chi connectivity index (χ4n) is 4.32. The third-order valence-corrected chi connectivity index (χ3v) is 5.27. The molecule has 1 heterocycles. The zero-order valence-electron chi connectivity index (χ0n) is 14.1. The predicted molar refractivity (Wildman–Crippen MR) is 80.7 cm³/mol. The van der Waals surface area contributed by atoms with E-state index in [0.29, 0.717) is 6.42 Å². The van der Waals surface area contributed by atoms with Crippen LogP contribution >= 0.6 is 0 Å². The Labute approximate surface area is 144 Å². The number of esters is 4. The van der Waals surface area contributed by atoms with Crippen molar-refractivity contribution in [3.8, 4) is 0 Å². The molecule has 0 N–H and O–H groups in total. The first-order valence-corrected chi connectivity index (χ1v) is 8.14. The van der Waals surface area contributed by atoms with Crippen molar-refractivity contribution in [3.63, 3.8) is 0 Å². The number of carbonyl (C=O) groups is 4. The van der Waals surface area contributed by atoms with Crippen LogP contribution in [0.5, 0.6) is 0 Å². The van der Waals surface area contributed by atoms with Gasteiger partial charge in [-0.2, -0.15) is 0 Å². The van der Waals surface area contributed by atoms with Crippen LogP contribution in [0.4, 0.5) is 0 Å². The highest BCUT2D eigenvalue weighted by Crippen LogP contribution is 2.60. The Hall–Kier alpha value is -2.38. The summed E-state index contributed by atoms with van der Waals surface area (Å²) in [4.78, 5) is 47.9. The molecule has 6 atom stereocenters. The lowest BCUT2D eigenvalue weighted by molar-refractivity contribution is -0.160. The molecule has 136 valence electrons. The van der Waals surface area contributed by atoms with Crippen LogP contribution in [0.2, 0.25) is 0 Å². The van der Waals surface area contributed by atoms with Gasteiger partial charge in [-0.15, -0.1) is 0 Å². The maximum Gasteiger partial charge on any atom is 0.333 e. The Morgan fingerprint density at radius 3 is 2.44 bits per heavy atom. The molecule has 2 aliphatic carbocycles. The van der Waals surface area contributed by atoms with Gasteiger partial charge in [0.15, 0.2) is 0 Å². The number of carbonyl (C=O) groups excluding carboxylic acids is 4. The molecule has 3 fully saturated rings. The first kappa shape index (κ1) is 17.4. The van der Waals surface area contributed by atoms with Gasteiger partial charge in [-0.1, -0.05) is 6.58 Å². The van der Waals surface area contributed by atoms with Gasteiger partial charge in [0.2, 0.25) is 0 Å². The molecule has 2 saturated carbocycles. The van der Waals surface area contributed by atoms with Crippen molar-refractivity contribution in [1.82, 2.24) is 0 Å². The molecule has 0 aromatic heterocycles. The fourth-order valence-corrected chi connectivity index (χ4v) is 4.32. The second-order valence-electron chi connectivity index (χ2n) is 6.65. The van der Waals surface area contributed by atoms with Crippen molar-refractivity contribution in [2.75, 3.05) is 20.3 Å². The minimum atomic E-state index is -0.725. The maximum atomic E-state index is 12.5. The summed E-state index contributed by atoms with van der Waals surface area (Å²) in [5.74, 6) is -4.47. The highest BCUT2D eigenvalue weighted by atomic mass is 16.6. The van der Waals surface area contributed by atoms with E-state index < -0.39 is 47.7 Å². The molecule has 1 saturated heterocycles. The molecule has 0 amide bonds. The minimum absolute atomic E-state index is 0.101. The van der Waals surface area contributed by atoms with E-state index in [9.17, 15) is 19.2 Å². The van der Waals surface area contributed by atoms with E-state index in [-0.39, 0.29) is 30.6 Å². The zero-order valence-corrected chi connectivity index (χ0v) is 14.1. The van der Waals surface area contributed by atoms with E-state index in [4.69, 9.17) is 18.9 Å². The van der Waals surface area contributed by atoms with E-state index in [0.717, 1.165) is 0 Å². The number of hydrogen-bond donors (Lipinski definition) is 0. The van der Waals surface area contributed by atoms with Gasteiger partial charge in [-0.25, -0.2) is 4.79 Å². The van der Waals surface area contributed by atoms with E-state index >= 15 is 0 Å². The van der Waals surface area contributed by atoms with Gasteiger partial charge < -0.3 is 18.9 Å². The molecular formula is C17H20O8. The molecule has 3 rings (SSSR count). The van der Waals surface area contributed by atoms with Crippen LogP contribution in [0.1, 0.15) is 13.3 Å². The van der Waals surface area contributed by atoms with Crippen LogP contribution in [-0.4, -0.2) is 50.3 Å². The lowest BCUT2D eigenvalue weighted by atomic mass is 9.74. The van der Waals surface area contributed by atoms with Gasteiger partial charge in [-0.05, 0) is 19.3 Å². The Kier molecular flexibility index (Phi) is 4.53. The van der Waals surface area contributed by atoms with E-state index in [1.54, 1.807) is 0 Å². The predicted octanol–water partition coefficient (Wildman–Crippen LogP) is 0.246. The number of methoxy groups -OCH3 is 1. The number of ether oxygens (including phenoxy) is 4. The molecule has 8 heteroatoms. The first-order chi connectivity index (χ1) is 11.9. The Morgan fingerprint density at radius 1 is 1.12 bits per heavy atom. The van der Waals surface area contributed by atoms with Crippen LogP contribution in [0.3, 0.4) is 0 Å². The first-order valence-electron chi connectivity index (χ1n) is 8.14. The summed E-state index contributed by atoms with van der Waals surface area (Å²) in [6.07, 6.45) is 0.0566. The summed E-state index contributed by atoms with van der Waals surface area (Å²) < 4.78 is 20.1. The highest BCUT2D eigenvalue weighted by Gasteiger charge is 2.70. The molecular weight excluding hydrogens is 332 g/mol. The molecule has 0 radical (unpaired) electrons. The van der Waals surface area contributed by atoms with E-state index in [1.165, 1.54) is 14.0 Å². The summed E-state index contributed by atoms with van der Waals surface area (Å²) >= 11 is 0. The maximum absolute atomic E-state index is 12.5. The summed E-state index contributed by atoms with van der Waals surface area (Å²) in [5, 5.41) is 0. The Morgan fingerprint density at radius 2 is 1.80 bits per heavy atom. The number of fused-ring (bicyclic) bond motifs is 1. The lowest BCUT2D eigenvalue weighted by Gasteiger charge is -2.28.